The molecule has 0 radical (unpaired) electrons. The van der Waals surface area contributed by atoms with Gasteiger partial charge in [-0.3, -0.25) is 9.80 Å². The minimum atomic E-state index is 0.515. The normalized spacial score (nSPS) is 17.6. The topological polar surface area (TPSA) is 30.3 Å². The van der Waals surface area contributed by atoms with Crippen LogP contribution in [-0.2, 0) is 6.54 Å². The van der Waals surface area contributed by atoms with Gasteiger partial charge in [-0.15, -0.1) is 0 Å². The third kappa shape index (κ3) is 3.37. The lowest BCUT2D eigenvalue weighted by Crippen LogP contribution is -2.45. The second-order valence-corrected chi connectivity index (χ2v) is 5.23. The van der Waals surface area contributed by atoms with E-state index in [0.717, 1.165) is 48.3 Å². The van der Waals surface area contributed by atoms with Crippen LogP contribution in [0.4, 0.5) is 0 Å². The van der Waals surface area contributed by atoms with Crippen molar-refractivity contribution in [1.82, 2.24) is 9.80 Å². The summed E-state index contributed by atoms with van der Waals surface area (Å²) in [7, 11) is 0. The third-order valence-corrected chi connectivity index (χ3v) is 3.91. The van der Waals surface area contributed by atoms with E-state index >= 15 is 0 Å². The number of nitriles is 1. The van der Waals surface area contributed by atoms with Crippen LogP contribution in [0.15, 0.2) is 18.2 Å². The minimum Gasteiger partial charge on any atom is -0.296 e. The van der Waals surface area contributed by atoms with Gasteiger partial charge in [0, 0.05) is 48.3 Å². The lowest BCUT2D eigenvalue weighted by Gasteiger charge is -2.33. The summed E-state index contributed by atoms with van der Waals surface area (Å²) < 4.78 is 0. The molecule has 0 bridgehead atoms. The van der Waals surface area contributed by atoms with Crippen molar-refractivity contribution in [2.24, 2.45) is 0 Å². The number of nitrogens with zero attached hydrogens (tertiary/aromatic N) is 3. The van der Waals surface area contributed by atoms with Gasteiger partial charge in [0.2, 0.25) is 0 Å². The highest BCUT2D eigenvalue weighted by atomic mass is 35.5. The SMILES string of the molecule is N#CCN1CCN(Cc2c(Cl)cccc2Cl)CC1. The van der Waals surface area contributed by atoms with Gasteiger partial charge in [0.1, 0.15) is 0 Å². The second kappa shape index (κ2) is 6.40. The molecule has 96 valence electrons. The molecule has 0 N–H and O–H groups in total. The monoisotopic (exact) mass is 283 g/mol. The standard InChI is InChI=1S/C13H15Cl2N3/c14-12-2-1-3-13(15)11(12)10-18-8-6-17(5-4-16)7-9-18/h1-3H,5-10H2. The largest absolute Gasteiger partial charge is 0.296 e. The number of benzene rings is 1. The minimum absolute atomic E-state index is 0.515. The van der Waals surface area contributed by atoms with Crippen molar-refractivity contribution in [1.29, 1.82) is 5.26 Å². The summed E-state index contributed by atoms with van der Waals surface area (Å²) in [6.45, 7) is 5.04. The predicted octanol–water partition coefficient (Wildman–Crippen LogP) is 2.63. The maximum Gasteiger partial charge on any atom is 0.0866 e. The number of piperazine rings is 1. The van der Waals surface area contributed by atoms with Crippen LogP contribution in [0.3, 0.4) is 0 Å². The highest BCUT2D eigenvalue weighted by Gasteiger charge is 2.18. The van der Waals surface area contributed by atoms with Crippen molar-refractivity contribution in [3.8, 4) is 6.07 Å². The van der Waals surface area contributed by atoms with Crippen molar-refractivity contribution in [2.45, 2.75) is 6.54 Å². The molecular formula is C13H15Cl2N3. The summed E-state index contributed by atoms with van der Waals surface area (Å²) in [6.07, 6.45) is 0. The van der Waals surface area contributed by atoms with E-state index in [0.29, 0.717) is 6.54 Å². The van der Waals surface area contributed by atoms with E-state index in [4.69, 9.17) is 28.5 Å². The Bertz CT molecular complexity index is 428. The molecule has 1 fully saturated rings. The summed E-state index contributed by atoms with van der Waals surface area (Å²) in [5.74, 6) is 0. The number of halogens is 2. The molecule has 1 aliphatic heterocycles. The number of hydrogen-bond donors (Lipinski definition) is 0. The fraction of sp³-hybridized carbons (Fsp3) is 0.462. The van der Waals surface area contributed by atoms with E-state index in [9.17, 15) is 0 Å². The van der Waals surface area contributed by atoms with Gasteiger partial charge in [0.15, 0.2) is 0 Å². The molecule has 5 heteroatoms. The summed E-state index contributed by atoms with van der Waals surface area (Å²) in [4.78, 5) is 4.48. The van der Waals surface area contributed by atoms with Crippen molar-refractivity contribution < 1.29 is 0 Å². The molecule has 1 aromatic rings. The molecule has 0 aromatic heterocycles. The molecule has 0 saturated carbocycles. The average Bonchev–Trinajstić information content (AvgIpc) is 2.36. The van der Waals surface area contributed by atoms with E-state index in [1.807, 2.05) is 18.2 Å². The fourth-order valence-corrected chi connectivity index (χ4v) is 2.63. The molecule has 2 rings (SSSR count). The van der Waals surface area contributed by atoms with E-state index in [-0.39, 0.29) is 0 Å². The van der Waals surface area contributed by atoms with Gasteiger partial charge >= 0.3 is 0 Å². The Kier molecular flexibility index (Phi) is 4.85. The number of hydrogen-bond acceptors (Lipinski definition) is 3. The first-order chi connectivity index (χ1) is 8.70. The molecule has 18 heavy (non-hydrogen) atoms. The maximum absolute atomic E-state index is 8.65. The molecule has 0 atom stereocenters. The van der Waals surface area contributed by atoms with Crippen molar-refractivity contribution in [3.63, 3.8) is 0 Å². The van der Waals surface area contributed by atoms with E-state index in [1.165, 1.54) is 0 Å². The summed E-state index contributed by atoms with van der Waals surface area (Å²) >= 11 is 12.3. The Morgan fingerprint density at radius 2 is 1.61 bits per heavy atom. The zero-order valence-electron chi connectivity index (χ0n) is 10.1. The van der Waals surface area contributed by atoms with Gasteiger partial charge < -0.3 is 0 Å². The van der Waals surface area contributed by atoms with Crippen LogP contribution in [0, 0.1) is 11.3 Å². The lowest BCUT2D eigenvalue weighted by atomic mass is 10.2. The first-order valence-corrected chi connectivity index (χ1v) is 6.71. The molecule has 1 heterocycles. The van der Waals surface area contributed by atoms with Crippen molar-refractivity contribution >= 4 is 23.2 Å². The van der Waals surface area contributed by atoms with Crippen LogP contribution >= 0.6 is 23.2 Å². The zero-order chi connectivity index (χ0) is 13.0. The van der Waals surface area contributed by atoms with Crippen LogP contribution in [-0.4, -0.2) is 42.5 Å². The highest BCUT2D eigenvalue weighted by Crippen LogP contribution is 2.25. The quantitative estimate of drug-likeness (QED) is 0.799. The number of rotatable bonds is 3. The fourth-order valence-electron chi connectivity index (χ4n) is 2.11. The summed E-state index contributed by atoms with van der Waals surface area (Å²) in [5, 5.41) is 10.1. The van der Waals surface area contributed by atoms with Crippen LogP contribution in [0.1, 0.15) is 5.56 Å². The molecule has 0 spiro atoms. The average molecular weight is 284 g/mol. The Labute approximate surface area is 117 Å². The van der Waals surface area contributed by atoms with Crippen LogP contribution < -0.4 is 0 Å². The predicted molar refractivity (Wildman–Crippen MR) is 73.8 cm³/mol. The van der Waals surface area contributed by atoms with E-state index in [2.05, 4.69) is 15.9 Å². The molecule has 1 aromatic carbocycles. The first kappa shape index (κ1) is 13.6. The molecule has 3 nitrogen and oxygen atoms in total. The molecule has 0 amide bonds. The van der Waals surface area contributed by atoms with Gasteiger partial charge in [0.05, 0.1) is 12.6 Å². The van der Waals surface area contributed by atoms with Gasteiger partial charge in [-0.2, -0.15) is 5.26 Å². The molecule has 1 saturated heterocycles. The van der Waals surface area contributed by atoms with Gasteiger partial charge in [-0.1, -0.05) is 29.3 Å². The van der Waals surface area contributed by atoms with Gasteiger partial charge in [0.25, 0.3) is 0 Å². The second-order valence-electron chi connectivity index (χ2n) is 4.41. The highest BCUT2D eigenvalue weighted by molar-refractivity contribution is 6.35. The van der Waals surface area contributed by atoms with Crippen LogP contribution in [0.5, 0.6) is 0 Å². The lowest BCUT2D eigenvalue weighted by molar-refractivity contribution is 0.138. The maximum atomic E-state index is 8.65. The molecule has 0 aliphatic carbocycles. The van der Waals surface area contributed by atoms with Crippen LogP contribution in [0.2, 0.25) is 10.0 Å². The smallest absolute Gasteiger partial charge is 0.0866 e. The molecular weight excluding hydrogens is 269 g/mol. The zero-order valence-corrected chi connectivity index (χ0v) is 11.6. The third-order valence-electron chi connectivity index (χ3n) is 3.20. The van der Waals surface area contributed by atoms with E-state index < -0.39 is 0 Å². The van der Waals surface area contributed by atoms with Gasteiger partial charge in [-0.25, -0.2) is 0 Å². The summed E-state index contributed by atoms with van der Waals surface area (Å²) in [5.41, 5.74) is 0.995. The molecule has 1 aliphatic rings. The van der Waals surface area contributed by atoms with Gasteiger partial charge in [-0.05, 0) is 12.1 Å². The van der Waals surface area contributed by atoms with Crippen molar-refractivity contribution in [2.75, 3.05) is 32.7 Å². The Morgan fingerprint density at radius 3 is 2.17 bits per heavy atom. The Balaban J connectivity index is 1.94. The molecule has 0 unspecified atom stereocenters. The van der Waals surface area contributed by atoms with Crippen molar-refractivity contribution in [3.05, 3.63) is 33.8 Å². The van der Waals surface area contributed by atoms with E-state index in [1.54, 1.807) is 0 Å². The first-order valence-electron chi connectivity index (χ1n) is 5.95. The Hall–Kier alpha value is -0.790. The van der Waals surface area contributed by atoms with Crippen LogP contribution in [0.25, 0.3) is 0 Å². The Morgan fingerprint density at radius 1 is 1.06 bits per heavy atom. The summed E-state index contributed by atoms with van der Waals surface area (Å²) in [6, 6.07) is 7.78.